The first-order valence-electron chi connectivity index (χ1n) is 7.26. The van der Waals surface area contributed by atoms with Crippen LogP contribution < -0.4 is 4.74 Å². The normalized spacial score (nSPS) is 15.3. The second-order valence-electron chi connectivity index (χ2n) is 5.52. The fraction of sp³-hybridized carbons (Fsp3) is 0.294. The molecule has 1 saturated heterocycles. The van der Waals surface area contributed by atoms with Crippen molar-refractivity contribution in [3.8, 4) is 5.75 Å². The summed E-state index contributed by atoms with van der Waals surface area (Å²) in [6.45, 7) is 2.55. The van der Waals surface area contributed by atoms with Crippen LogP contribution in [0.1, 0.15) is 11.1 Å². The van der Waals surface area contributed by atoms with Crippen molar-refractivity contribution in [1.29, 1.82) is 0 Å². The van der Waals surface area contributed by atoms with Crippen LogP contribution in [0.15, 0.2) is 48.8 Å². The smallest absolute Gasteiger partial charge is 0.309 e. The van der Waals surface area contributed by atoms with Crippen LogP contribution in [0.4, 0.5) is 0 Å². The van der Waals surface area contributed by atoms with Gasteiger partial charge in [0, 0.05) is 37.6 Å². The fourth-order valence-corrected chi connectivity index (χ4v) is 2.45. The van der Waals surface area contributed by atoms with E-state index < -0.39 is 5.97 Å². The summed E-state index contributed by atoms with van der Waals surface area (Å²) in [6.07, 6.45) is 3.53. The van der Waals surface area contributed by atoms with Crippen molar-refractivity contribution in [2.45, 2.75) is 13.2 Å². The molecule has 0 unspecified atom stereocenters. The van der Waals surface area contributed by atoms with Crippen molar-refractivity contribution in [2.75, 3.05) is 13.1 Å². The van der Waals surface area contributed by atoms with Crippen molar-refractivity contribution < 1.29 is 14.6 Å². The molecular formula is C17H18N2O3. The first-order chi connectivity index (χ1) is 10.7. The second-order valence-corrected chi connectivity index (χ2v) is 5.52. The molecule has 5 heteroatoms. The number of rotatable bonds is 6. The predicted octanol–water partition coefficient (Wildman–Crippen LogP) is 2.18. The molecule has 0 spiro atoms. The van der Waals surface area contributed by atoms with Crippen LogP contribution in [-0.4, -0.2) is 34.0 Å². The monoisotopic (exact) mass is 298 g/mol. The maximum absolute atomic E-state index is 10.8. The van der Waals surface area contributed by atoms with Gasteiger partial charge >= 0.3 is 5.97 Å². The van der Waals surface area contributed by atoms with Crippen molar-refractivity contribution in [1.82, 2.24) is 9.88 Å². The van der Waals surface area contributed by atoms with E-state index in [2.05, 4.69) is 9.88 Å². The Labute approximate surface area is 129 Å². The second kappa shape index (κ2) is 6.58. The zero-order valence-corrected chi connectivity index (χ0v) is 12.2. The van der Waals surface area contributed by atoms with Crippen LogP contribution >= 0.6 is 0 Å². The summed E-state index contributed by atoms with van der Waals surface area (Å²) < 4.78 is 5.71. The van der Waals surface area contributed by atoms with Crippen molar-refractivity contribution >= 4 is 5.97 Å². The zero-order chi connectivity index (χ0) is 15.4. The Bertz CT molecular complexity index is 622. The van der Waals surface area contributed by atoms with Gasteiger partial charge in [-0.3, -0.25) is 14.7 Å². The maximum Gasteiger partial charge on any atom is 0.309 e. The van der Waals surface area contributed by atoms with Gasteiger partial charge in [-0.1, -0.05) is 18.2 Å². The fourth-order valence-electron chi connectivity index (χ4n) is 2.45. The summed E-state index contributed by atoms with van der Waals surface area (Å²) in [5, 5.41) is 8.86. The van der Waals surface area contributed by atoms with E-state index in [0.717, 1.165) is 23.4 Å². The van der Waals surface area contributed by atoms with Gasteiger partial charge < -0.3 is 9.84 Å². The lowest BCUT2D eigenvalue weighted by molar-refractivity contribution is -0.147. The van der Waals surface area contributed by atoms with Gasteiger partial charge in [0.05, 0.1) is 5.92 Å². The van der Waals surface area contributed by atoms with E-state index in [1.165, 1.54) is 0 Å². The summed E-state index contributed by atoms with van der Waals surface area (Å²) in [6, 6.07) is 11.8. The van der Waals surface area contributed by atoms with Gasteiger partial charge in [-0.05, 0) is 23.8 Å². The SMILES string of the molecule is O=C(O)C1CN(Cc2ccc(OCc3cccnc3)cc2)C1. The Kier molecular flexibility index (Phi) is 4.34. The van der Waals surface area contributed by atoms with E-state index in [-0.39, 0.29) is 5.92 Å². The molecule has 114 valence electrons. The molecule has 0 radical (unpaired) electrons. The predicted molar refractivity (Wildman–Crippen MR) is 81.4 cm³/mol. The molecule has 1 aromatic heterocycles. The van der Waals surface area contributed by atoms with E-state index >= 15 is 0 Å². The van der Waals surface area contributed by atoms with Gasteiger partial charge in [0.1, 0.15) is 12.4 Å². The standard InChI is InChI=1S/C17H18N2O3/c20-17(21)15-10-19(11-15)9-13-3-5-16(6-4-13)22-12-14-2-1-7-18-8-14/h1-8,15H,9-12H2,(H,20,21). The van der Waals surface area contributed by atoms with Gasteiger partial charge in [-0.25, -0.2) is 0 Å². The van der Waals surface area contributed by atoms with Gasteiger partial charge in [-0.2, -0.15) is 0 Å². The van der Waals surface area contributed by atoms with Crippen molar-refractivity contribution in [2.24, 2.45) is 5.92 Å². The number of carboxylic acids is 1. The Morgan fingerprint density at radius 2 is 2.00 bits per heavy atom. The molecule has 0 bridgehead atoms. The average molecular weight is 298 g/mol. The molecule has 1 aliphatic heterocycles. The Morgan fingerprint density at radius 1 is 1.23 bits per heavy atom. The largest absolute Gasteiger partial charge is 0.489 e. The maximum atomic E-state index is 10.8. The van der Waals surface area contributed by atoms with Crippen LogP contribution in [0.5, 0.6) is 5.75 Å². The summed E-state index contributed by atoms with van der Waals surface area (Å²) in [5.41, 5.74) is 2.20. The number of aromatic nitrogens is 1. The molecule has 2 aromatic rings. The minimum absolute atomic E-state index is 0.206. The van der Waals surface area contributed by atoms with Crippen LogP contribution in [0.25, 0.3) is 0 Å². The Hall–Kier alpha value is -2.40. The van der Waals surface area contributed by atoms with E-state index in [1.807, 2.05) is 36.4 Å². The topological polar surface area (TPSA) is 62.7 Å². The van der Waals surface area contributed by atoms with Gasteiger partial charge in [0.25, 0.3) is 0 Å². The molecule has 5 nitrogen and oxygen atoms in total. The number of likely N-dealkylation sites (tertiary alicyclic amines) is 1. The number of benzene rings is 1. The Morgan fingerprint density at radius 3 is 2.64 bits per heavy atom. The summed E-state index contributed by atoms with van der Waals surface area (Å²) in [4.78, 5) is 16.9. The average Bonchev–Trinajstić information content (AvgIpc) is 2.50. The molecule has 0 amide bonds. The number of nitrogens with zero attached hydrogens (tertiary/aromatic N) is 2. The summed E-state index contributed by atoms with van der Waals surface area (Å²) in [7, 11) is 0. The molecule has 1 aromatic carbocycles. The van der Waals surface area contributed by atoms with Crippen LogP contribution in [0.3, 0.4) is 0 Å². The highest BCUT2D eigenvalue weighted by molar-refractivity contribution is 5.71. The third-order valence-electron chi connectivity index (χ3n) is 3.76. The molecular weight excluding hydrogens is 280 g/mol. The van der Waals surface area contributed by atoms with E-state index in [4.69, 9.17) is 9.84 Å². The van der Waals surface area contributed by atoms with E-state index in [9.17, 15) is 4.79 Å². The number of hydrogen-bond donors (Lipinski definition) is 1. The number of hydrogen-bond acceptors (Lipinski definition) is 4. The van der Waals surface area contributed by atoms with E-state index in [1.54, 1.807) is 12.4 Å². The van der Waals surface area contributed by atoms with Crippen molar-refractivity contribution in [3.63, 3.8) is 0 Å². The molecule has 1 aliphatic rings. The number of carboxylic acid groups (broad SMARTS) is 1. The highest BCUT2D eigenvalue weighted by Gasteiger charge is 2.31. The zero-order valence-electron chi connectivity index (χ0n) is 12.2. The minimum Gasteiger partial charge on any atom is -0.489 e. The number of aliphatic carboxylic acids is 1. The molecule has 22 heavy (non-hydrogen) atoms. The third kappa shape index (κ3) is 3.62. The lowest BCUT2D eigenvalue weighted by Crippen LogP contribution is -2.49. The Balaban J connectivity index is 1.47. The third-order valence-corrected chi connectivity index (χ3v) is 3.76. The molecule has 0 saturated carbocycles. The molecule has 0 aliphatic carbocycles. The highest BCUT2D eigenvalue weighted by atomic mass is 16.5. The summed E-state index contributed by atoms with van der Waals surface area (Å²) in [5.74, 6) is -0.0860. The highest BCUT2D eigenvalue weighted by Crippen LogP contribution is 2.20. The first kappa shape index (κ1) is 14.5. The minimum atomic E-state index is -0.699. The van der Waals surface area contributed by atoms with Crippen LogP contribution in [0.2, 0.25) is 0 Å². The molecule has 2 heterocycles. The summed E-state index contributed by atoms with van der Waals surface area (Å²) >= 11 is 0. The van der Waals surface area contributed by atoms with E-state index in [0.29, 0.717) is 19.7 Å². The lowest BCUT2D eigenvalue weighted by Gasteiger charge is -2.36. The quantitative estimate of drug-likeness (QED) is 0.885. The molecule has 0 atom stereocenters. The van der Waals surface area contributed by atoms with Crippen LogP contribution in [0, 0.1) is 5.92 Å². The number of carbonyl (C=O) groups is 1. The molecule has 3 rings (SSSR count). The lowest BCUT2D eigenvalue weighted by atomic mass is 10.00. The van der Waals surface area contributed by atoms with Gasteiger partial charge in [-0.15, -0.1) is 0 Å². The number of ether oxygens (including phenoxy) is 1. The first-order valence-corrected chi connectivity index (χ1v) is 7.26. The van der Waals surface area contributed by atoms with Gasteiger partial charge in [0.2, 0.25) is 0 Å². The van der Waals surface area contributed by atoms with Gasteiger partial charge in [0.15, 0.2) is 0 Å². The molecule has 1 N–H and O–H groups in total. The van der Waals surface area contributed by atoms with Crippen molar-refractivity contribution in [3.05, 3.63) is 59.9 Å². The molecule has 1 fully saturated rings. The van der Waals surface area contributed by atoms with Crippen LogP contribution in [-0.2, 0) is 17.9 Å². The number of pyridine rings is 1.